The van der Waals surface area contributed by atoms with E-state index in [1.165, 1.54) is 0 Å². The van der Waals surface area contributed by atoms with Crippen molar-refractivity contribution in [3.63, 3.8) is 0 Å². The molecule has 0 unspecified atom stereocenters. The molecule has 0 saturated heterocycles. The maximum absolute atomic E-state index is 5.69. The van der Waals surface area contributed by atoms with Crippen LogP contribution in [0.3, 0.4) is 0 Å². The van der Waals surface area contributed by atoms with Gasteiger partial charge < -0.3 is 19.4 Å². The largest absolute Gasteiger partial charge is 0.481 e. The molecule has 4 rings (SSSR count). The predicted octanol–water partition coefficient (Wildman–Crippen LogP) is 1.70. The zero-order valence-corrected chi connectivity index (χ0v) is 13.5. The number of hydrogen-bond acceptors (Lipinski definition) is 6. The summed E-state index contributed by atoms with van der Waals surface area (Å²) in [6, 6.07) is 9.82. The van der Waals surface area contributed by atoms with Crippen molar-refractivity contribution in [3.8, 4) is 5.88 Å². The van der Waals surface area contributed by atoms with E-state index in [2.05, 4.69) is 24.8 Å². The normalized spacial score (nSPS) is 17.0. The summed E-state index contributed by atoms with van der Waals surface area (Å²) >= 11 is 0. The quantitative estimate of drug-likeness (QED) is 0.769. The second kappa shape index (κ2) is 6.54. The van der Waals surface area contributed by atoms with E-state index < -0.39 is 0 Å². The van der Waals surface area contributed by atoms with Crippen LogP contribution in [0.15, 0.2) is 36.5 Å². The van der Waals surface area contributed by atoms with Crippen molar-refractivity contribution >= 4 is 11.2 Å². The Morgan fingerprint density at radius 2 is 2.25 bits per heavy atom. The number of nitrogens with one attached hydrogen (secondary N) is 1. The number of fused-ring (bicyclic) bond motifs is 3. The average molecular weight is 325 g/mol. The lowest BCUT2D eigenvalue weighted by Crippen LogP contribution is -2.32. The fraction of sp³-hybridized carbons (Fsp3) is 0.353. The van der Waals surface area contributed by atoms with Crippen molar-refractivity contribution in [3.05, 3.63) is 48.0 Å². The molecule has 0 fully saturated rings. The molecular formula is C17H19N5O2. The van der Waals surface area contributed by atoms with Gasteiger partial charge in [0.05, 0.1) is 25.5 Å². The van der Waals surface area contributed by atoms with Gasteiger partial charge in [0.15, 0.2) is 5.65 Å². The van der Waals surface area contributed by atoms with E-state index in [1.54, 1.807) is 13.3 Å². The minimum Gasteiger partial charge on any atom is -0.481 e. The van der Waals surface area contributed by atoms with E-state index in [0.717, 1.165) is 29.2 Å². The van der Waals surface area contributed by atoms with Crippen LogP contribution in [0.5, 0.6) is 5.88 Å². The monoisotopic (exact) mass is 325 g/mol. The maximum Gasteiger partial charge on any atom is 0.213 e. The van der Waals surface area contributed by atoms with Crippen LogP contribution in [-0.4, -0.2) is 39.8 Å². The molecule has 0 aromatic carbocycles. The lowest BCUT2D eigenvalue weighted by molar-refractivity contribution is 0.0561. The highest BCUT2D eigenvalue weighted by Gasteiger charge is 2.24. The Hall–Kier alpha value is -2.51. The second-order valence-corrected chi connectivity index (χ2v) is 5.72. The highest BCUT2D eigenvalue weighted by molar-refractivity contribution is 5.71. The lowest BCUT2D eigenvalue weighted by Gasteiger charge is -2.26. The van der Waals surface area contributed by atoms with Gasteiger partial charge in [0.1, 0.15) is 17.9 Å². The van der Waals surface area contributed by atoms with Crippen molar-refractivity contribution in [1.29, 1.82) is 0 Å². The minimum atomic E-state index is 0.166. The molecule has 0 saturated carbocycles. The summed E-state index contributed by atoms with van der Waals surface area (Å²) in [5, 5.41) is 3.44. The molecule has 7 nitrogen and oxygen atoms in total. The summed E-state index contributed by atoms with van der Waals surface area (Å²) in [7, 11) is 1.62. The topological polar surface area (TPSA) is 74.1 Å². The Kier molecular flexibility index (Phi) is 4.10. The molecular weight excluding hydrogens is 306 g/mol. The van der Waals surface area contributed by atoms with Crippen molar-refractivity contribution in [2.75, 3.05) is 20.3 Å². The van der Waals surface area contributed by atoms with Crippen molar-refractivity contribution in [1.82, 2.24) is 24.8 Å². The van der Waals surface area contributed by atoms with Gasteiger partial charge in [-0.15, -0.1) is 0 Å². The SMILES string of the molecule is COc1cccc(CNC[C@H]2COCc3nc4cccnc4n32)n1. The molecule has 0 radical (unpaired) electrons. The number of imidazole rings is 1. The molecule has 3 aromatic heterocycles. The molecule has 1 aliphatic heterocycles. The third kappa shape index (κ3) is 2.83. The summed E-state index contributed by atoms with van der Waals surface area (Å²) in [5.41, 5.74) is 2.78. The Morgan fingerprint density at radius 3 is 3.17 bits per heavy atom. The number of methoxy groups -OCH3 is 1. The zero-order chi connectivity index (χ0) is 16.4. The zero-order valence-electron chi connectivity index (χ0n) is 13.5. The third-order valence-electron chi connectivity index (χ3n) is 4.10. The van der Waals surface area contributed by atoms with E-state index in [4.69, 9.17) is 9.47 Å². The van der Waals surface area contributed by atoms with Crippen molar-refractivity contribution in [2.24, 2.45) is 0 Å². The molecule has 3 aromatic rings. The van der Waals surface area contributed by atoms with Crippen LogP contribution in [0.2, 0.25) is 0 Å². The van der Waals surface area contributed by atoms with Crippen LogP contribution >= 0.6 is 0 Å². The Morgan fingerprint density at radius 1 is 1.29 bits per heavy atom. The number of nitrogens with zero attached hydrogens (tertiary/aromatic N) is 4. The second-order valence-electron chi connectivity index (χ2n) is 5.72. The smallest absolute Gasteiger partial charge is 0.213 e. The van der Waals surface area contributed by atoms with Gasteiger partial charge in [-0.05, 0) is 18.2 Å². The molecule has 1 N–H and O–H groups in total. The summed E-state index contributed by atoms with van der Waals surface area (Å²) in [4.78, 5) is 13.5. The first-order chi connectivity index (χ1) is 11.8. The predicted molar refractivity (Wildman–Crippen MR) is 88.7 cm³/mol. The molecule has 4 heterocycles. The summed E-state index contributed by atoms with van der Waals surface area (Å²) in [6.45, 7) is 2.61. The molecule has 0 aliphatic carbocycles. The fourth-order valence-corrected chi connectivity index (χ4v) is 3.01. The van der Waals surface area contributed by atoms with Gasteiger partial charge in [-0.25, -0.2) is 15.0 Å². The number of ether oxygens (including phenoxy) is 2. The number of rotatable bonds is 5. The summed E-state index contributed by atoms with van der Waals surface area (Å²) < 4.78 is 13.0. The van der Waals surface area contributed by atoms with Crippen LogP contribution in [0, 0.1) is 0 Å². The molecule has 0 amide bonds. The van der Waals surface area contributed by atoms with Gasteiger partial charge in [-0.2, -0.15) is 0 Å². The van der Waals surface area contributed by atoms with Crippen molar-refractivity contribution < 1.29 is 9.47 Å². The fourth-order valence-electron chi connectivity index (χ4n) is 3.01. The number of aromatic nitrogens is 4. The van der Waals surface area contributed by atoms with Crippen molar-refractivity contribution in [2.45, 2.75) is 19.2 Å². The molecule has 1 atom stereocenters. The first kappa shape index (κ1) is 15.0. The lowest BCUT2D eigenvalue weighted by atomic mass is 10.2. The third-order valence-corrected chi connectivity index (χ3v) is 4.10. The highest BCUT2D eigenvalue weighted by Crippen LogP contribution is 2.24. The highest BCUT2D eigenvalue weighted by atomic mass is 16.5. The molecule has 0 spiro atoms. The standard InChI is InChI=1S/C17H19N5O2/c1-23-16-6-2-4-12(20-16)8-18-9-13-10-24-11-15-21-14-5-3-7-19-17(14)22(13)15/h2-7,13,18H,8-11H2,1H3/t13-/m0/s1. The van der Waals surface area contributed by atoms with Crippen LogP contribution < -0.4 is 10.1 Å². The van der Waals surface area contributed by atoms with E-state index >= 15 is 0 Å². The molecule has 7 heteroatoms. The molecule has 1 aliphatic rings. The average Bonchev–Trinajstić information content (AvgIpc) is 3.01. The summed E-state index contributed by atoms with van der Waals surface area (Å²) in [5.74, 6) is 1.56. The Labute approximate surface area is 139 Å². The molecule has 124 valence electrons. The Balaban J connectivity index is 1.48. The first-order valence-corrected chi connectivity index (χ1v) is 7.95. The van der Waals surface area contributed by atoms with Gasteiger partial charge >= 0.3 is 0 Å². The number of hydrogen-bond donors (Lipinski definition) is 1. The minimum absolute atomic E-state index is 0.166. The van der Waals surface area contributed by atoms with Gasteiger partial charge in [-0.1, -0.05) is 6.07 Å². The summed E-state index contributed by atoms with van der Waals surface area (Å²) in [6.07, 6.45) is 1.80. The van der Waals surface area contributed by atoms with Gasteiger partial charge in [0.25, 0.3) is 0 Å². The van der Waals surface area contributed by atoms with Crippen LogP contribution in [-0.2, 0) is 17.9 Å². The van der Waals surface area contributed by atoms with E-state index in [1.807, 2.05) is 30.3 Å². The van der Waals surface area contributed by atoms with Gasteiger partial charge in [-0.3, -0.25) is 0 Å². The number of pyridine rings is 2. The molecule has 24 heavy (non-hydrogen) atoms. The molecule has 0 bridgehead atoms. The van der Waals surface area contributed by atoms with E-state index in [-0.39, 0.29) is 6.04 Å². The van der Waals surface area contributed by atoms with Crippen LogP contribution in [0.25, 0.3) is 11.2 Å². The van der Waals surface area contributed by atoms with Crippen LogP contribution in [0.4, 0.5) is 0 Å². The van der Waals surface area contributed by atoms with E-state index in [9.17, 15) is 0 Å². The van der Waals surface area contributed by atoms with Gasteiger partial charge in [0, 0.05) is 25.4 Å². The first-order valence-electron chi connectivity index (χ1n) is 7.95. The van der Waals surface area contributed by atoms with E-state index in [0.29, 0.717) is 25.6 Å². The van der Waals surface area contributed by atoms with Gasteiger partial charge in [0.2, 0.25) is 5.88 Å². The Bertz CT molecular complexity index is 848. The van der Waals surface area contributed by atoms with Crippen LogP contribution in [0.1, 0.15) is 17.6 Å². The maximum atomic E-state index is 5.69.